The standard InChI is InChI=1S/C10H16O3/c1-2-10(11)12-6-7-3-4-8-9(5-7)13-8/h7-9H,2-6H2,1H3. The van der Waals surface area contributed by atoms with Crippen LogP contribution >= 0.6 is 0 Å². The van der Waals surface area contributed by atoms with Gasteiger partial charge in [0.15, 0.2) is 0 Å². The normalized spacial score (nSPS) is 36.5. The van der Waals surface area contributed by atoms with E-state index in [1.807, 2.05) is 6.92 Å². The van der Waals surface area contributed by atoms with Crippen LogP contribution in [0.3, 0.4) is 0 Å². The van der Waals surface area contributed by atoms with Crippen LogP contribution < -0.4 is 0 Å². The van der Waals surface area contributed by atoms with Crippen molar-refractivity contribution in [3.63, 3.8) is 0 Å². The lowest BCUT2D eigenvalue weighted by Gasteiger charge is -2.18. The Morgan fingerprint density at radius 1 is 1.46 bits per heavy atom. The highest BCUT2D eigenvalue weighted by atomic mass is 16.6. The summed E-state index contributed by atoms with van der Waals surface area (Å²) >= 11 is 0. The molecule has 0 aromatic rings. The molecule has 0 spiro atoms. The van der Waals surface area contributed by atoms with Crippen LogP contribution in [-0.4, -0.2) is 24.8 Å². The SMILES string of the molecule is CCC(=O)OCC1CCC2OC2C1. The van der Waals surface area contributed by atoms with Gasteiger partial charge in [-0.2, -0.15) is 0 Å². The maximum Gasteiger partial charge on any atom is 0.305 e. The Morgan fingerprint density at radius 2 is 2.31 bits per heavy atom. The van der Waals surface area contributed by atoms with E-state index in [4.69, 9.17) is 9.47 Å². The smallest absolute Gasteiger partial charge is 0.305 e. The molecule has 1 heterocycles. The highest BCUT2D eigenvalue weighted by Gasteiger charge is 2.43. The van der Waals surface area contributed by atoms with Crippen molar-refractivity contribution in [2.75, 3.05) is 6.61 Å². The van der Waals surface area contributed by atoms with Gasteiger partial charge in [-0.05, 0) is 25.2 Å². The van der Waals surface area contributed by atoms with Crippen LogP contribution in [-0.2, 0) is 14.3 Å². The fraction of sp³-hybridized carbons (Fsp3) is 0.900. The van der Waals surface area contributed by atoms with Crippen LogP contribution in [0.1, 0.15) is 32.6 Å². The number of carbonyl (C=O) groups excluding carboxylic acids is 1. The number of esters is 1. The van der Waals surface area contributed by atoms with Crippen LogP contribution in [0.5, 0.6) is 0 Å². The van der Waals surface area contributed by atoms with Gasteiger partial charge in [-0.1, -0.05) is 6.92 Å². The zero-order valence-corrected chi connectivity index (χ0v) is 7.99. The maximum atomic E-state index is 10.9. The molecule has 74 valence electrons. The molecule has 3 atom stereocenters. The van der Waals surface area contributed by atoms with Gasteiger partial charge in [0, 0.05) is 6.42 Å². The lowest BCUT2D eigenvalue weighted by atomic mass is 9.90. The third kappa shape index (κ3) is 2.21. The van der Waals surface area contributed by atoms with E-state index in [0.717, 1.165) is 19.3 Å². The van der Waals surface area contributed by atoms with Crippen LogP contribution in [0.25, 0.3) is 0 Å². The van der Waals surface area contributed by atoms with Crippen LogP contribution in [0.4, 0.5) is 0 Å². The Bertz CT molecular complexity index is 202. The van der Waals surface area contributed by atoms with Crippen LogP contribution in [0.2, 0.25) is 0 Å². The van der Waals surface area contributed by atoms with Crippen molar-refractivity contribution in [2.45, 2.75) is 44.8 Å². The number of hydrogen-bond donors (Lipinski definition) is 0. The Balaban J connectivity index is 1.66. The molecule has 0 bridgehead atoms. The van der Waals surface area contributed by atoms with Gasteiger partial charge in [0.2, 0.25) is 0 Å². The fourth-order valence-electron chi connectivity index (χ4n) is 1.95. The first-order valence-electron chi connectivity index (χ1n) is 5.10. The van der Waals surface area contributed by atoms with E-state index in [1.54, 1.807) is 0 Å². The Hall–Kier alpha value is -0.570. The van der Waals surface area contributed by atoms with Gasteiger partial charge in [-0.3, -0.25) is 4.79 Å². The number of fused-ring (bicyclic) bond motifs is 1. The molecule has 13 heavy (non-hydrogen) atoms. The summed E-state index contributed by atoms with van der Waals surface area (Å²) in [4.78, 5) is 10.9. The molecule has 1 saturated carbocycles. The summed E-state index contributed by atoms with van der Waals surface area (Å²) in [5, 5.41) is 0. The molecule has 1 saturated heterocycles. The largest absolute Gasteiger partial charge is 0.465 e. The predicted octanol–water partition coefficient (Wildman–Crippen LogP) is 1.51. The highest BCUT2D eigenvalue weighted by Crippen LogP contribution is 2.39. The molecule has 2 aliphatic rings. The molecule has 0 N–H and O–H groups in total. The molecule has 3 unspecified atom stereocenters. The Labute approximate surface area is 78.4 Å². The number of ether oxygens (including phenoxy) is 2. The van der Waals surface area contributed by atoms with E-state index in [-0.39, 0.29) is 5.97 Å². The van der Waals surface area contributed by atoms with Crippen molar-refractivity contribution >= 4 is 5.97 Å². The first-order chi connectivity index (χ1) is 6.29. The van der Waals surface area contributed by atoms with Crippen molar-refractivity contribution in [3.8, 4) is 0 Å². The maximum absolute atomic E-state index is 10.9. The van der Waals surface area contributed by atoms with Gasteiger partial charge >= 0.3 is 5.97 Å². The van der Waals surface area contributed by atoms with E-state index < -0.39 is 0 Å². The lowest BCUT2D eigenvalue weighted by Crippen LogP contribution is -2.20. The van der Waals surface area contributed by atoms with E-state index in [0.29, 0.717) is 31.2 Å². The number of carbonyl (C=O) groups is 1. The molecule has 3 heteroatoms. The van der Waals surface area contributed by atoms with E-state index >= 15 is 0 Å². The summed E-state index contributed by atoms with van der Waals surface area (Å²) in [5.41, 5.74) is 0. The summed E-state index contributed by atoms with van der Waals surface area (Å²) in [5.74, 6) is 0.457. The van der Waals surface area contributed by atoms with Gasteiger partial charge in [0.1, 0.15) is 0 Å². The topological polar surface area (TPSA) is 38.8 Å². The van der Waals surface area contributed by atoms with Crippen molar-refractivity contribution in [1.29, 1.82) is 0 Å². The molecule has 0 aromatic carbocycles. The van der Waals surface area contributed by atoms with Crippen molar-refractivity contribution < 1.29 is 14.3 Å². The quantitative estimate of drug-likeness (QED) is 0.493. The number of hydrogen-bond acceptors (Lipinski definition) is 3. The average molecular weight is 184 g/mol. The molecule has 0 amide bonds. The van der Waals surface area contributed by atoms with Crippen LogP contribution in [0.15, 0.2) is 0 Å². The Morgan fingerprint density at radius 3 is 3.00 bits per heavy atom. The summed E-state index contributed by atoms with van der Waals surface area (Å²) in [7, 11) is 0. The zero-order valence-electron chi connectivity index (χ0n) is 7.99. The molecule has 1 aliphatic heterocycles. The average Bonchev–Trinajstić information content (AvgIpc) is 2.91. The summed E-state index contributed by atoms with van der Waals surface area (Å²) in [6, 6.07) is 0. The van der Waals surface area contributed by atoms with Gasteiger partial charge in [-0.25, -0.2) is 0 Å². The molecule has 2 fully saturated rings. The molecule has 0 radical (unpaired) electrons. The third-order valence-electron chi connectivity index (χ3n) is 2.88. The molecular weight excluding hydrogens is 168 g/mol. The van der Waals surface area contributed by atoms with Crippen molar-refractivity contribution in [3.05, 3.63) is 0 Å². The van der Waals surface area contributed by atoms with Crippen molar-refractivity contribution in [2.24, 2.45) is 5.92 Å². The monoisotopic (exact) mass is 184 g/mol. The molecule has 1 aliphatic carbocycles. The molecule has 0 aromatic heterocycles. The highest BCUT2D eigenvalue weighted by molar-refractivity contribution is 5.68. The molecule has 2 rings (SSSR count). The predicted molar refractivity (Wildman–Crippen MR) is 47.3 cm³/mol. The van der Waals surface area contributed by atoms with Crippen LogP contribution in [0, 0.1) is 5.92 Å². The second-order valence-electron chi connectivity index (χ2n) is 3.93. The summed E-state index contributed by atoms with van der Waals surface area (Å²) in [6.07, 6.45) is 4.89. The van der Waals surface area contributed by atoms with E-state index in [1.165, 1.54) is 0 Å². The molecular formula is C10H16O3. The molecule has 3 nitrogen and oxygen atoms in total. The zero-order chi connectivity index (χ0) is 9.26. The first-order valence-corrected chi connectivity index (χ1v) is 5.10. The second-order valence-corrected chi connectivity index (χ2v) is 3.93. The third-order valence-corrected chi connectivity index (χ3v) is 2.88. The second kappa shape index (κ2) is 3.66. The first kappa shape index (κ1) is 9.00. The number of rotatable bonds is 3. The minimum absolute atomic E-state index is 0.0844. The minimum Gasteiger partial charge on any atom is -0.465 e. The van der Waals surface area contributed by atoms with E-state index in [2.05, 4.69) is 0 Å². The van der Waals surface area contributed by atoms with Gasteiger partial charge in [-0.15, -0.1) is 0 Å². The van der Waals surface area contributed by atoms with Gasteiger partial charge in [0.05, 0.1) is 18.8 Å². The Kier molecular flexibility index (Phi) is 2.54. The minimum atomic E-state index is -0.0844. The summed E-state index contributed by atoms with van der Waals surface area (Å²) < 4.78 is 10.5. The van der Waals surface area contributed by atoms with Gasteiger partial charge < -0.3 is 9.47 Å². The van der Waals surface area contributed by atoms with Gasteiger partial charge in [0.25, 0.3) is 0 Å². The fourth-order valence-corrected chi connectivity index (χ4v) is 1.95. The number of epoxide rings is 1. The van der Waals surface area contributed by atoms with E-state index in [9.17, 15) is 4.79 Å². The lowest BCUT2D eigenvalue weighted by molar-refractivity contribution is -0.144. The van der Waals surface area contributed by atoms with Crippen molar-refractivity contribution in [1.82, 2.24) is 0 Å². The summed E-state index contributed by atoms with van der Waals surface area (Å²) in [6.45, 7) is 2.42.